The standard InChI is InChI=1S/C16H22N4O/c1-16(2,3)15-18-14(21-19-15)10-20-8-7-12-11(9-20)5-4-6-13(12)17/h4-6H,7-10,17H2,1-3H3. The van der Waals surface area contributed by atoms with Gasteiger partial charge in [0.1, 0.15) is 0 Å². The number of benzene rings is 1. The first kappa shape index (κ1) is 14.1. The number of hydrogen-bond donors (Lipinski definition) is 1. The van der Waals surface area contributed by atoms with E-state index in [1.165, 1.54) is 11.1 Å². The topological polar surface area (TPSA) is 68.2 Å². The molecule has 0 unspecified atom stereocenters. The van der Waals surface area contributed by atoms with Gasteiger partial charge in [-0.1, -0.05) is 38.1 Å². The van der Waals surface area contributed by atoms with Crippen LogP contribution in [0.2, 0.25) is 0 Å². The van der Waals surface area contributed by atoms with E-state index < -0.39 is 0 Å². The Kier molecular flexibility index (Phi) is 3.45. The number of aromatic nitrogens is 2. The number of nitrogens with two attached hydrogens (primary N) is 1. The summed E-state index contributed by atoms with van der Waals surface area (Å²) in [7, 11) is 0. The number of nitrogen functional groups attached to an aromatic ring is 1. The Morgan fingerprint density at radius 2 is 2.14 bits per heavy atom. The van der Waals surface area contributed by atoms with Crippen molar-refractivity contribution in [1.29, 1.82) is 0 Å². The molecule has 0 amide bonds. The van der Waals surface area contributed by atoms with E-state index in [9.17, 15) is 0 Å². The molecule has 0 fully saturated rings. The molecule has 3 rings (SSSR count). The molecule has 1 aromatic heterocycles. The first-order valence-corrected chi connectivity index (χ1v) is 7.35. The summed E-state index contributed by atoms with van der Waals surface area (Å²) in [5.41, 5.74) is 9.44. The highest BCUT2D eigenvalue weighted by Gasteiger charge is 2.23. The summed E-state index contributed by atoms with van der Waals surface area (Å²) in [5, 5.41) is 4.08. The second-order valence-electron chi connectivity index (χ2n) is 6.71. The van der Waals surface area contributed by atoms with Crippen LogP contribution in [0.15, 0.2) is 22.7 Å². The van der Waals surface area contributed by atoms with Crippen molar-refractivity contribution < 1.29 is 4.52 Å². The van der Waals surface area contributed by atoms with Crippen LogP contribution in [-0.4, -0.2) is 21.6 Å². The number of rotatable bonds is 2. The van der Waals surface area contributed by atoms with Gasteiger partial charge in [-0.05, 0) is 23.6 Å². The molecular formula is C16H22N4O. The summed E-state index contributed by atoms with van der Waals surface area (Å²) in [4.78, 5) is 6.83. The zero-order valence-corrected chi connectivity index (χ0v) is 12.9. The highest BCUT2D eigenvalue weighted by Crippen LogP contribution is 2.25. The van der Waals surface area contributed by atoms with Gasteiger partial charge in [-0.2, -0.15) is 4.98 Å². The van der Waals surface area contributed by atoms with E-state index in [0.29, 0.717) is 12.4 Å². The van der Waals surface area contributed by atoms with Crippen molar-refractivity contribution in [2.24, 2.45) is 0 Å². The maximum absolute atomic E-state index is 6.03. The molecule has 1 aromatic carbocycles. The van der Waals surface area contributed by atoms with E-state index in [1.54, 1.807) is 0 Å². The summed E-state index contributed by atoms with van der Waals surface area (Å²) in [6.45, 7) is 8.80. The fraction of sp³-hybridized carbons (Fsp3) is 0.500. The summed E-state index contributed by atoms with van der Waals surface area (Å²) in [6.07, 6.45) is 0.974. The lowest BCUT2D eigenvalue weighted by atomic mass is 9.96. The molecule has 2 heterocycles. The van der Waals surface area contributed by atoms with Crippen LogP contribution in [0, 0.1) is 0 Å². The molecule has 21 heavy (non-hydrogen) atoms. The molecule has 0 radical (unpaired) electrons. The molecule has 0 aliphatic carbocycles. The molecule has 1 aliphatic rings. The Morgan fingerprint density at radius 3 is 2.86 bits per heavy atom. The predicted octanol–water partition coefficient (Wildman–Crippen LogP) is 2.51. The third-order valence-electron chi connectivity index (χ3n) is 3.88. The van der Waals surface area contributed by atoms with E-state index in [1.807, 2.05) is 12.1 Å². The smallest absolute Gasteiger partial charge is 0.240 e. The van der Waals surface area contributed by atoms with Gasteiger partial charge >= 0.3 is 0 Å². The van der Waals surface area contributed by atoms with Gasteiger partial charge in [-0.3, -0.25) is 4.90 Å². The van der Waals surface area contributed by atoms with E-state index in [4.69, 9.17) is 10.3 Å². The monoisotopic (exact) mass is 286 g/mol. The molecule has 112 valence electrons. The van der Waals surface area contributed by atoms with Crippen LogP contribution in [0.1, 0.15) is 43.6 Å². The molecule has 5 nitrogen and oxygen atoms in total. The molecule has 2 N–H and O–H groups in total. The Balaban J connectivity index is 1.71. The molecule has 0 bridgehead atoms. The number of hydrogen-bond acceptors (Lipinski definition) is 5. The molecular weight excluding hydrogens is 264 g/mol. The normalized spacial score (nSPS) is 16.0. The Bertz CT molecular complexity index is 642. The van der Waals surface area contributed by atoms with Crippen molar-refractivity contribution >= 4 is 5.69 Å². The van der Waals surface area contributed by atoms with Gasteiger partial charge in [0, 0.05) is 24.2 Å². The van der Waals surface area contributed by atoms with Gasteiger partial charge in [0.15, 0.2) is 5.82 Å². The molecule has 2 aromatic rings. The third kappa shape index (κ3) is 2.93. The second-order valence-corrected chi connectivity index (χ2v) is 6.71. The van der Waals surface area contributed by atoms with Crippen LogP contribution in [0.4, 0.5) is 5.69 Å². The number of nitrogens with zero attached hydrogens (tertiary/aromatic N) is 3. The lowest BCUT2D eigenvalue weighted by molar-refractivity contribution is 0.210. The van der Waals surface area contributed by atoms with Crippen LogP contribution < -0.4 is 5.73 Å². The summed E-state index contributed by atoms with van der Waals surface area (Å²) < 4.78 is 5.38. The molecule has 0 saturated carbocycles. The highest BCUT2D eigenvalue weighted by atomic mass is 16.5. The second kappa shape index (κ2) is 5.15. The van der Waals surface area contributed by atoms with Gasteiger partial charge in [0.25, 0.3) is 0 Å². The number of anilines is 1. The van der Waals surface area contributed by atoms with Gasteiger partial charge in [0.2, 0.25) is 5.89 Å². The van der Waals surface area contributed by atoms with Crippen LogP contribution >= 0.6 is 0 Å². The predicted molar refractivity (Wildman–Crippen MR) is 81.7 cm³/mol. The maximum Gasteiger partial charge on any atom is 0.240 e. The maximum atomic E-state index is 6.03. The summed E-state index contributed by atoms with van der Waals surface area (Å²) in [6, 6.07) is 6.14. The lowest BCUT2D eigenvalue weighted by Crippen LogP contribution is -2.30. The minimum atomic E-state index is -0.0787. The van der Waals surface area contributed by atoms with Crippen LogP contribution in [0.5, 0.6) is 0 Å². The summed E-state index contributed by atoms with van der Waals surface area (Å²) in [5.74, 6) is 1.45. The highest BCUT2D eigenvalue weighted by molar-refractivity contribution is 5.51. The van der Waals surface area contributed by atoms with Crippen LogP contribution in [-0.2, 0) is 24.9 Å². The van der Waals surface area contributed by atoms with Gasteiger partial charge in [-0.25, -0.2) is 0 Å². The van der Waals surface area contributed by atoms with Crippen molar-refractivity contribution in [3.63, 3.8) is 0 Å². The Morgan fingerprint density at radius 1 is 1.33 bits per heavy atom. The zero-order chi connectivity index (χ0) is 15.0. The van der Waals surface area contributed by atoms with E-state index in [0.717, 1.165) is 31.0 Å². The minimum absolute atomic E-state index is 0.0787. The number of fused-ring (bicyclic) bond motifs is 1. The van der Waals surface area contributed by atoms with Crippen molar-refractivity contribution in [2.75, 3.05) is 12.3 Å². The van der Waals surface area contributed by atoms with Crippen molar-refractivity contribution in [3.05, 3.63) is 41.0 Å². The fourth-order valence-corrected chi connectivity index (χ4v) is 2.65. The van der Waals surface area contributed by atoms with Gasteiger partial charge < -0.3 is 10.3 Å². The largest absolute Gasteiger partial charge is 0.398 e. The molecule has 0 atom stereocenters. The van der Waals surface area contributed by atoms with Crippen molar-refractivity contribution in [3.8, 4) is 0 Å². The van der Waals surface area contributed by atoms with Gasteiger partial charge in [0.05, 0.1) is 6.54 Å². The molecule has 1 aliphatic heterocycles. The summed E-state index contributed by atoms with van der Waals surface area (Å²) >= 11 is 0. The average molecular weight is 286 g/mol. The van der Waals surface area contributed by atoms with E-state index in [2.05, 4.69) is 41.9 Å². The minimum Gasteiger partial charge on any atom is -0.398 e. The molecule has 5 heteroatoms. The Hall–Kier alpha value is -1.88. The quantitative estimate of drug-likeness (QED) is 0.859. The third-order valence-corrected chi connectivity index (χ3v) is 3.88. The van der Waals surface area contributed by atoms with Crippen molar-refractivity contribution in [2.45, 2.75) is 45.7 Å². The average Bonchev–Trinajstić information content (AvgIpc) is 2.87. The molecule has 0 spiro atoms. The van der Waals surface area contributed by atoms with Crippen LogP contribution in [0.3, 0.4) is 0 Å². The first-order chi connectivity index (χ1) is 9.93. The van der Waals surface area contributed by atoms with Crippen molar-refractivity contribution in [1.82, 2.24) is 15.0 Å². The first-order valence-electron chi connectivity index (χ1n) is 7.35. The molecule has 0 saturated heterocycles. The zero-order valence-electron chi connectivity index (χ0n) is 12.9. The van der Waals surface area contributed by atoms with E-state index in [-0.39, 0.29) is 5.41 Å². The van der Waals surface area contributed by atoms with E-state index >= 15 is 0 Å². The lowest BCUT2D eigenvalue weighted by Gasteiger charge is -2.28. The van der Waals surface area contributed by atoms with Gasteiger partial charge in [-0.15, -0.1) is 0 Å². The van der Waals surface area contributed by atoms with Crippen LogP contribution in [0.25, 0.3) is 0 Å². The Labute approximate surface area is 125 Å². The SMILES string of the molecule is CC(C)(C)c1noc(CN2CCc3c(N)cccc3C2)n1. The fourth-order valence-electron chi connectivity index (χ4n) is 2.65.